The molecule has 3 aromatic rings. The highest BCUT2D eigenvalue weighted by Gasteiger charge is 2.16. The predicted molar refractivity (Wildman–Crippen MR) is 109 cm³/mol. The first-order valence-corrected chi connectivity index (χ1v) is 9.29. The Morgan fingerprint density at radius 1 is 1.04 bits per heavy atom. The number of carboxylic acids is 1. The Morgan fingerprint density at radius 3 is 2.29 bits per heavy atom. The van der Waals surface area contributed by atoms with Gasteiger partial charge in [0.05, 0.1) is 6.54 Å². The summed E-state index contributed by atoms with van der Waals surface area (Å²) in [6, 6.07) is 17.8. The van der Waals surface area contributed by atoms with Gasteiger partial charge in [0.15, 0.2) is 6.10 Å². The zero-order valence-electron chi connectivity index (χ0n) is 15.3. The second kappa shape index (κ2) is 8.76. The van der Waals surface area contributed by atoms with Gasteiger partial charge >= 0.3 is 5.97 Å². The minimum absolute atomic E-state index is 0.0918. The van der Waals surface area contributed by atoms with E-state index in [-0.39, 0.29) is 5.56 Å². The van der Waals surface area contributed by atoms with E-state index in [4.69, 9.17) is 21.4 Å². The van der Waals surface area contributed by atoms with Crippen LogP contribution in [0.2, 0.25) is 5.02 Å². The Labute approximate surface area is 167 Å². The van der Waals surface area contributed by atoms with Crippen LogP contribution in [0.5, 0.6) is 5.75 Å². The molecule has 6 heteroatoms. The SMILES string of the molecule is CCC(Oc1ccc(-c2ccc(=O)n(Cc3ccc(Cl)cc3)c2)cc1)C(=O)O. The molecule has 0 amide bonds. The number of aliphatic carboxylic acids is 1. The van der Waals surface area contributed by atoms with Crippen LogP contribution in [0, 0.1) is 0 Å². The molecule has 0 aliphatic carbocycles. The van der Waals surface area contributed by atoms with Gasteiger partial charge in [-0.3, -0.25) is 4.79 Å². The first kappa shape index (κ1) is 19.7. The van der Waals surface area contributed by atoms with Crippen LogP contribution in [-0.4, -0.2) is 21.7 Å². The van der Waals surface area contributed by atoms with E-state index in [2.05, 4.69) is 0 Å². The summed E-state index contributed by atoms with van der Waals surface area (Å²) in [6.07, 6.45) is 1.32. The van der Waals surface area contributed by atoms with E-state index in [0.717, 1.165) is 16.7 Å². The zero-order chi connectivity index (χ0) is 20.1. The molecular weight excluding hydrogens is 378 g/mol. The molecule has 28 heavy (non-hydrogen) atoms. The van der Waals surface area contributed by atoms with Crippen molar-refractivity contribution >= 4 is 17.6 Å². The van der Waals surface area contributed by atoms with Crippen LogP contribution in [0.25, 0.3) is 11.1 Å². The number of pyridine rings is 1. The van der Waals surface area contributed by atoms with Crippen molar-refractivity contribution in [3.63, 3.8) is 0 Å². The molecule has 0 bridgehead atoms. The van der Waals surface area contributed by atoms with Crippen LogP contribution in [-0.2, 0) is 11.3 Å². The van der Waals surface area contributed by atoms with Gasteiger partial charge in [-0.1, -0.05) is 42.8 Å². The topological polar surface area (TPSA) is 68.5 Å². The number of carbonyl (C=O) groups is 1. The fourth-order valence-corrected chi connectivity index (χ4v) is 2.94. The molecule has 0 saturated carbocycles. The van der Waals surface area contributed by atoms with Crippen molar-refractivity contribution in [3.8, 4) is 16.9 Å². The molecule has 2 aromatic carbocycles. The number of carboxylic acid groups (broad SMARTS) is 1. The van der Waals surface area contributed by atoms with Gasteiger partial charge in [-0.05, 0) is 53.4 Å². The number of rotatable bonds is 7. The molecule has 1 atom stereocenters. The summed E-state index contributed by atoms with van der Waals surface area (Å²) >= 11 is 5.91. The maximum Gasteiger partial charge on any atom is 0.344 e. The average Bonchev–Trinajstić information content (AvgIpc) is 2.70. The fraction of sp³-hybridized carbons (Fsp3) is 0.182. The van der Waals surface area contributed by atoms with Crippen LogP contribution in [0.15, 0.2) is 71.7 Å². The second-order valence-corrected chi connectivity index (χ2v) is 6.82. The summed E-state index contributed by atoms with van der Waals surface area (Å²) in [6.45, 7) is 2.21. The van der Waals surface area contributed by atoms with E-state index in [1.807, 2.05) is 24.3 Å². The number of nitrogens with zero attached hydrogens (tertiary/aromatic N) is 1. The number of hydrogen-bond donors (Lipinski definition) is 1. The summed E-state index contributed by atoms with van der Waals surface area (Å²) in [5.41, 5.74) is 2.67. The number of halogens is 1. The van der Waals surface area contributed by atoms with Crippen LogP contribution in [0.1, 0.15) is 18.9 Å². The normalized spacial score (nSPS) is 11.8. The molecule has 1 heterocycles. The quantitative estimate of drug-likeness (QED) is 0.639. The zero-order valence-corrected chi connectivity index (χ0v) is 16.1. The molecule has 3 rings (SSSR count). The summed E-state index contributed by atoms with van der Waals surface area (Å²) in [5.74, 6) is -0.492. The monoisotopic (exact) mass is 397 g/mol. The number of ether oxygens (including phenoxy) is 1. The van der Waals surface area contributed by atoms with E-state index in [1.165, 1.54) is 6.07 Å². The molecule has 0 spiro atoms. The highest BCUT2D eigenvalue weighted by atomic mass is 35.5. The standard InChI is InChI=1S/C22H20ClNO4/c1-2-20(22(26)27)28-19-10-5-16(6-11-19)17-7-12-21(25)24(14-17)13-15-3-8-18(23)9-4-15/h3-12,14,20H,2,13H2,1H3,(H,26,27). The van der Waals surface area contributed by atoms with Crippen LogP contribution in [0.3, 0.4) is 0 Å². The van der Waals surface area contributed by atoms with Gasteiger partial charge in [0, 0.05) is 17.3 Å². The Kier molecular flexibility index (Phi) is 6.16. The molecule has 0 saturated heterocycles. The van der Waals surface area contributed by atoms with Crippen molar-refractivity contribution in [1.82, 2.24) is 4.57 Å². The van der Waals surface area contributed by atoms with Crippen molar-refractivity contribution in [2.24, 2.45) is 0 Å². The Bertz CT molecular complexity index is 1010. The highest BCUT2D eigenvalue weighted by Crippen LogP contribution is 2.23. The molecular formula is C22H20ClNO4. The van der Waals surface area contributed by atoms with Gasteiger partial charge in [-0.25, -0.2) is 4.79 Å². The summed E-state index contributed by atoms with van der Waals surface area (Å²) in [7, 11) is 0. The lowest BCUT2D eigenvalue weighted by Crippen LogP contribution is -2.25. The average molecular weight is 398 g/mol. The predicted octanol–water partition coefficient (Wildman–Crippen LogP) is 4.46. The van der Waals surface area contributed by atoms with E-state index >= 15 is 0 Å². The third-order valence-corrected chi connectivity index (χ3v) is 4.61. The maximum absolute atomic E-state index is 12.2. The number of benzene rings is 2. The molecule has 1 aromatic heterocycles. The third-order valence-electron chi connectivity index (χ3n) is 4.36. The van der Waals surface area contributed by atoms with E-state index in [9.17, 15) is 9.59 Å². The Balaban J connectivity index is 1.81. The van der Waals surface area contributed by atoms with Gasteiger partial charge < -0.3 is 14.4 Å². The Hall–Kier alpha value is -3.05. The molecule has 1 unspecified atom stereocenters. The van der Waals surface area contributed by atoms with Gasteiger partial charge in [0.1, 0.15) is 5.75 Å². The minimum atomic E-state index is -0.985. The number of aromatic nitrogens is 1. The summed E-state index contributed by atoms with van der Waals surface area (Å²) in [5, 5.41) is 9.75. The first-order chi connectivity index (χ1) is 13.5. The van der Waals surface area contributed by atoms with Crippen LogP contribution >= 0.6 is 11.6 Å². The van der Waals surface area contributed by atoms with Gasteiger partial charge in [0.2, 0.25) is 0 Å². The molecule has 0 aliphatic heterocycles. The lowest BCUT2D eigenvalue weighted by molar-refractivity contribution is -0.145. The Morgan fingerprint density at radius 2 is 1.68 bits per heavy atom. The first-order valence-electron chi connectivity index (χ1n) is 8.91. The smallest absolute Gasteiger partial charge is 0.344 e. The molecule has 5 nitrogen and oxygen atoms in total. The molecule has 0 radical (unpaired) electrons. The molecule has 0 fully saturated rings. The van der Waals surface area contributed by atoms with Crippen LogP contribution in [0.4, 0.5) is 0 Å². The van der Waals surface area contributed by atoms with E-state index in [0.29, 0.717) is 23.7 Å². The van der Waals surface area contributed by atoms with E-state index in [1.54, 1.807) is 48.0 Å². The van der Waals surface area contributed by atoms with E-state index < -0.39 is 12.1 Å². The molecule has 144 valence electrons. The van der Waals surface area contributed by atoms with Crippen molar-refractivity contribution < 1.29 is 14.6 Å². The highest BCUT2D eigenvalue weighted by molar-refractivity contribution is 6.30. The minimum Gasteiger partial charge on any atom is -0.479 e. The molecule has 1 N–H and O–H groups in total. The molecule has 0 aliphatic rings. The summed E-state index contributed by atoms with van der Waals surface area (Å²) < 4.78 is 7.12. The number of hydrogen-bond acceptors (Lipinski definition) is 3. The van der Waals surface area contributed by atoms with Crippen molar-refractivity contribution in [2.75, 3.05) is 0 Å². The van der Waals surface area contributed by atoms with Crippen molar-refractivity contribution in [2.45, 2.75) is 26.0 Å². The van der Waals surface area contributed by atoms with Crippen LogP contribution < -0.4 is 10.3 Å². The van der Waals surface area contributed by atoms with Gasteiger partial charge in [0.25, 0.3) is 5.56 Å². The maximum atomic E-state index is 12.2. The van der Waals surface area contributed by atoms with Gasteiger partial charge in [-0.15, -0.1) is 0 Å². The lowest BCUT2D eigenvalue weighted by Gasteiger charge is -2.14. The third kappa shape index (κ3) is 4.81. The lowest BCUT2D eigenvalue weighted by atomic mass is 10.1. The largest absolute Gasteiger partial charge is 0.479 e. The second-order valence-electron chi connectivity index (χ2n) is 6.39. The fourth-order valence-electron chi connectivity index (χ4n) is 2.81. The summed E-state index contributed by atoms with van der Waals surface area (Å²) in [4.78, 5) is 23.3. The van der Waals surface area contributed by atoms with Crippen molar-refractivity contribution in [1.29, 1.82) is 0 Å². The van der Waals surface area contributed by atoms with Gasteiger partial charge in [-0.2, -0.15) is 0 Å². The van der Waals surface area contributed by atoms with Crippen molar-refractivity contribution in [3.05, 3.63) is 87.8 Å².